The van der Waals surface area contributed by atoms with E-state index in [1.165, 1.54) is 11.8 Å². The number of carboxylic acid groups (broad SMARTS) is 1. The molecule has 0 aliphatic carbocycles. The van der Waals surface area contributed by atoms with E-state index in [1.54, 1.807) is 6.26 Å². The molecule has 0 aromatic heterocycles. The standard InChI is InChI=1S/C12H11F4NO3S/c1-21-3-2-7(12(19)20)17-11(18)5-4-6(13)9(15)10(16)8(5)14/h4,7H,2-3H2,1H3,(H,17,18)(H,19,20)/t7-/m0/s1. The highest BCUT2D eigenvalue weighted by molar-refractivity contribution is 7.98. The number of amides is 1. The van der Waals surface area contributed by atoms with Gasteiger partial charge in [0.1, 0.15) is 6.04 Å². The predicted molar refractivity (Wildman–Crippen MR) is 68.2 cm³/mol. The molecule has 0 spiro atoms. The van der Waals surface area contributed by atoms with Gasteiger partial charge >= 0.3 is 5.97 Å². The van der Waals surface area contributed by atoms with Crippen molar-refractivity contribution in [3.63, 3.8) is 0 Å². The van der Waals surface area contributed by atoms with Crippen molar-refractivity contribution < 1.29 is 32.3 Å². The summed E-state index contributed by atoms with van der Waals surface area (Å²) < 4.78 is 52.2. The van der Waals surface area contributed by atoms with Crippen LogP contribution in [0.3, 0.4) is 0 Å². The summed E-state index contributed by atoms with van der Waals surface area (Å²) >= 11 is 1.32. The molecule has 0 fully saturated rings. The minimum absolute atomic E-state index is 0.0377. The highest BCUT2D eigenvalue weighted by Gasteiger charge is 2.26. The monoisotopic (exact) mass is 325 g/mol. The molecule has 0 saturated heterocycles. The maximum atomic E-state index is 13.4. The molecular formula is C12H11F4NO3S. The van der Waals surface area contributed by atoms with Crippen LogP contribution in [-0.2, 0) is 4.79 Å². The summed E-state index contributed by atoms with van der Waals surface area (Å²) in [7, 11) is 0. The van der Waals surface area contributed by atoms with Crippen LogP contribution in [0.2, 0.25) is 0 Å². The maximum absolute atomic E-state index is 13.4. The molecule has 0 unspecified atom stereocenters. The molecule has 1 aromatic rings. The van der Waals surface area contributed by atoms with Crippen LogP contribution >= 0.6 is 11.8 Å². The number of carboxylic acids is 1. The van der Waals surface area contributed by atoms with Gasteiger partial charge in [-0.15, -0.1) is 0 Å². The molecule has 0 aliphatic heterocycles. The molecule has 1 amide bonds. The zero-order valence-corrected chi connectivity index (χ0v) is 11.6. The smallest absolute Gasteiger partial charge is 0.326 e. The number of aliphatic carboxylic acids is 1. The lowest BCUT2D eigenvalue weighted by molar-refractivity contribution is -0.139. The van der Waals surface area contributed by atoms with Gasteiger partial charge < -0.3 is 10.4 Å². The van der Waals surface area contributed by atoms with Gasteiger partial charge in [0.05, 0.1) is 5.56 Å². The fourth-order valence-corrected chi connectivity index (χ4v) is 1.94. The number of benzene rings is 1. The summed E-state index contributed by atoms with van der Waals surface area (Å²) in [6.07, 6.45) is 1.75. The SMILES string of the molecule is CSCC[C@H](NC(=O)c1cc(F)c(F)c(F)c1F)C(=O)O. The minimum atomic E-state index is -2.13. The van der Waals surface area contributed by atoms with Crippen LogP contribution in [0.5, 0.6) is 0 Å². The van der Waals surface area contributed by atoms with Crippen LogP contribution in [-0.4, -0.2) is 35.0 Å². The molecule has 0 bridgehead atoms. The minimum Gasteiger partial charge on any atom is -0.480 e. The van der Waals surface area contributed by atoms with Gasteiger partial charge in [0.2, 0.25) is 0 Å². The lowest BCUT2D eigenvalue weighted by atomic mass is 10.1. The Labute approximate surface area is 121 Å². The Hall–Kier alpha value is -1.77. The van der Waals surface area contributed by atoms with Gasteiger partial charge in [-0.3, -0.25) is 4.79 Å². The second-order valence-electron chi connectivity index (χ2n) is 3.99. The largest absolute Gasteiger partial charge is 0.480 e. The molecular weight excluding hydrogens is 314 g/mol. The first-order valence-corrected chi connectivity index (χ1v) is 7.04. The zero-order chi connectivity index (χ0) is 16.2. The van der Waals surface area contributed by atoms with Gasteiger partial charge in [0, 0.05) is 0 Å². The van der Waals surface area contributed by atoms with E-state index in [0.717, 1.165) is 0 Å². The first-order valence-electron chi connectivity index (χ1n) is 5.65. The number of hydrogen-bond acceptors (Lipinski definition) is 3. The van der Waals surface area contributed by atoms with E-state index < -0.39 is 46.8 Å². The molecule has 0 heterocycles. The van der Waals surface area contributed by atoms with E-state index >= 15 is 0 Å². The third-order valence-electron chi connectivity index (χ3n) is 2.56. The van der Waals surface area contributed by atoms with Crippen molar-refractivity contribution in [2.24, 2.45) is 0 Å². The van der Waals surface area contributed by atoms with Crippen molar-refractivity contribution in [3.05, 3.63) is 34.9 Å². The van der Waals surface area contributed by atoms with Gasteiger partial charge in [-0.1, -0.05) is 0 Å². The van der Waals surface area contributed by atoms with Crippen LogP contribution in [0.25, 0.3) is 0 Å². The lowest BCUT2D eigenvalue weighted by Crippen LogP contribution is -2.41. The summed E-state index contributed by atoms with van der Waals surface area (Å²) in [5.41, 5.74) is -1.10. The van der Waals surface area contributed by atoms with Crippen LogP contribution in [0.1, 0.15) is 16.8 Å². The Kier molecular flexibility index (Phi) is 6.01. The Balaban J connectivity index is 3.00. The Morgan fingerprint density at radius 2 is 1.86 bits per heavy atom. The highest BCUT2D eigenvalue weighted by Crippen LogP contribution is 2.19. The third kappa shape index (κ3) is 4.10. The van der Waals surface area contributed by atoms with Crippen molar-refractivity contribution in [3.8, 4) is 0 Å². The molecule has 1 rings (SSSR count). The van der Waals surface area contributed by atoms with E-state index in [2.05, 4.69) is 0 Å². The Morgan fingerprint density at radius 1 is 1.24 bits per heavy atom. The molecule has 9 heteroatoms. The van der Waals surface area contributed by atoms with E-state index in [4.69, 9.17) is 5.11 Å². The average Bonchev–Trinajstić information content (AvgIpc) is 2.44. The second kappa shape index (κ2) is 7.30. The van der Waals surface area contributed by atoms with E-state index in [1.807, 2.05) is 5.32 Å². The molecule has 0 radical (unpaired) electrons. The summed E-state index contributed by atoms with van der Waals surface area (Å²) in [6.45, 7) is 0. The molecule has 0 aliphatic rings. The van der Waals surface area contributed by atoms with E-state index in [-0.39, 0.29) is 12.5 Å². The molecule has 0 saturated carbocycles. The van der Waals surface area contributed by atoms with E-state index in [9.17, 15) is 27.2 Å². The van der Waals surface area contributed by atoms with Crippen LogP contribution < -0.4 is 5.32 Å². The average molecular weight is 325 g/mol. The molecule has 116 valence electrons. The van der Waals surface area contributed by atoms with Crippen molar-refractivity contribution in [1.82, 2.24) is 5.32 Å². The zero-order valence-electron chi connectivity index (χ0n) is 10.8. The van der Waals surface area contributed by atoms with Gasteiger partial charge in [0.15, 0.2) is 23.3 Å². The highest BCUT2D eigenvalue weighted by atomic mass is 32.2. The first kappa shape index (κ1) is 17.3. The summed E-state index contributed by atoms with van der Waals surface area (Å²) in [4.78, 5) is 22.6. The summed E-state index contributed by atoms with van der Waals surface area (Å²) in [5.74, 6) is -10.1. The number of hydrogen-bond donors (Lipinski definition) is 2. The molecule has 1 atom stereocenters. The number of nitrogens with one attached hydrogen (secondary N) is 1. The Bertz CT molecular complexity index is 568. The number of thioether (sulfide) groups is 1. The fraction of sp³-hybridized carbons (Fsp3) is 0.333. The predicted octanol–water partition coefficient (Wildman–Crippen LogP) is 2.18. The first-order chi connectivity index (χ1) is 9.79. The fourth-order valence-electron chi connectivity index (χ4n) is 1.47. The Morgan fingerprint density at radius 3 is 2.38 bits per heavy atom. The quantitative estimate of drug-likeness (QED) is 0.478. The van der Waals surface area contributed by atoms with Crippen LogP contribution in [0.15, 0.2) is 6.07 Å². The van der Waals surface area contributed by atoms with E-state index in [0.29, 0.717) is 5.75 Å². The number of carbonyl (C=O) groups is 2. The van der Waals surface area contributed by atoms with Crippen LogP contribution in [0.4, 0.5) is 17.6 Å². The molecule has 4 nitrogen and oxygen atoms in total. The topological polar surface area (TPSA) is 66.4 Å². The van der Waals surface area contributed by atoms with Crippen molar-refractivity contribution in [2.75, 3.05) is 12.0 Å². The van der Waals surface area contributed by atoms with Gasteiger partial charge in [0.25, 0.3) is 5.91 Å². The number of halogens is 4. The van der Waals surface area contributed by atoms with Gasteiger partial charge in [-0.05, 0) is 24.5 Å². The number of rotatable bonds is 6. The summed E-state index contributed by atoms with van der Waals surface area (Å²) in [5, 5.41) is 10.8. The maximum Gasteiger partial charge on any atom is 0.326 e. The summed E-state index contributed by atoms with van der Waals surface area (Å²) in [6, 6.07) is -1.17. The van der Waals surface area contributed by atoms with Crippen LogP contribution in [0, 0.1) is 23.3 Å². The molecule has 1 aromatic carbocycles. The van der Waals surface area contributed by atoms with Crippen molar-refractivity contribution >= 4 is 23.6 Å². The van der Waals surface area contributed by atoms with Crippen molar-refractivity contribution in [1.29, 1.82) is 0 Å². The number of carbonyl (C=O) groups excluding carboxylic acids is 1. The molecule has 21 heavy (non-hydrogen) atoms. The molecule has 2 N–H and O–H groups in total. The van der Waals surface area contributed by atoms with Crippen molar-refractivity contribution in [2.45, 2.75) is 12.5 Å². The van der Waals surface area contributed by atoms with Gasteiger partial charge in [-0.25, -0.2) is 22.4 Å². The normalized spacial score (nSPS) is 12.0. The second-order valence-corrected chi connectivity index (χ2v) is 4.98. The van der Waals surface area contributed by atoms with Gasteiger partial charge in [-0.2, -0.15) is 11.8 Å². The lowest BCUT2D eigenvalue weighted by Gasteiger charge is -2.14. The third-order valence-corrected chi connectivity index (χ3v) is 3.21.